The summed E-state index contributed by atoms with van der Waals surface area (Å²) in [7, 11) is 3.00. The molecule has 0 spiro atoms. The third kappa shape index (κ3) is 2.79. The number of carboxylic acids is 1. The molecule has 0 saturated carbocycles. The molecule has 1 heterocycles. The van der Waals surface area contributed by atoms with Gasteiger partial charge in [-0.25, -0.2) is 9.78 Å². The Morgan fingerprint density at radius 2 is 1.79 bits per heavy atom. The van der Waals surface area contributed by atoms with Gasteiger partial charge in [-0.1, -0.05) is 0 Å². The van der Waals surface area contributed by atoms with Crippen molar-refractivity contribution in [2.24, 2.45) is 0 Å². The Bertz CT molecular complexity index is 596. The van der Waals surface area contributed by atoms with Crippen LogP contribution in [0, 0.1) is 0 Å². The Morgan fingerprint density at radius 1 is 1.11 bits per heavy atom. The summed E-state index contributed by atoms with van der Waals surface area (Å²) in [6, 6.07) is 8.68. The van der Waals surface area contributed by atoms with Crippen LogP contribution in [0.4, 0.5) is 0 Å². The van der Waals surface area contributed by atoms with E-state index in [4.69, 9.17) is 14.6 Å². The zero-order chi connectivity index (χ0) is 13.8. The van der Waals surface area contributed by atoms with Crippen LogP contribution in [0.3, 0.4) is 0 Å². The van der Waals surface area contributed by atoms with Crippen LogP contribution in [0.2, 0.25) is 0 Å². The molecule has 1 aromatic heterocycles. The van der Waals surface area contributed by atoms with Crippen molar-refractivity contribution in [1.29, 1.82) is 0 Å². The van der Waals surface area contributed by atoms with Crippen LogP contribution in [0.5, 0.6) is 11.6 Å². The van der Waals surface area contributed by atoms with Crippen LogP contribution < -0.4 is 9.47 Å². The SMILES string of the molecule is COc1ccc(-c2cc(OC)nc(C(=O)O)n2)cc1. The summed E-state index contributed by atoms with van der Waals surface area (Å²) >= 11 is 0. The standard InChI is InChI=1S/C13H12N2O4/c1-18-9-5-3-8(4-6-9)10-7-11(19-2)15-12(14-10)13(16)17/h3-7H,1-2H3,(H,16,17). The van der Waals surface area contributed by atoms with Gasteiger partial charge in [-0.15, -0.1) is 0 Å². The van der Waals surface area contributed by atoms with Gasteiger partial charge in [-0.2, -0.15) is 4.98 Å². The van der Waals surface area contributed by atoms with Gasteiger partial charge in [0.15, 0.2) is 0 Å². The van der Waals surface area contributed by atoms with Gasteiger partial charge in [-0.3, -0.25) is 0 Å². The molecule has 0 bridgehead atoms. The van der Waals surface area contributed by atoms with Crippen molar-refractivity contribution in [3.05, 3.63) is 36.2 Å². The number of methoxy groups -OCH3 is 2. The molecule has 0 fully saturated rings. The molecule has 2 aromatic rings. The summed E-state index contributed by atoms with van der Waals surface area (Å²) in [5, 5.41) is 8.96. The number of rotatable bonds is 4. The Balaban J connectivity index is 2.47. The van der Waals surface area contributed by atoms with Gasteiger partial charge >= 0.3 is 5.97 Å². The van der Waals surface area contributed by atoms with Crippen molar-refractivity contribution < 1.29 is 19.4 Å². The molecule has 0 aliphatic heterocycles. The summed E-state index contributed by atoms with van der Waals surface area (Å²) < 4.78 is 10.0. The normalized spacial score (nSPS) is 10.0. The number of aromatic carboxylic acids is 1. The minimum absolute atomic E-state index is 0.207. The fourth-order valence-corrected chi connectivity index (χ4v) is 1.53. The van der Waals surface area contributed by atoms with Crippen LogP contribution in [0.1, 0.15) is 10.6 Å². The van der Waals surface area contributed by atoms with Crippen molar-refractivity contribution in [3.8, 4) is 22.9 Å². The van der Waals surface area contributed by atoms with Crippen LogP contribution in [0.25, 0.3) is 11.3 Å². The van der Waals surface area contributed by atoms with Crippen LogP contribution in [0.15, 0.2) is 30.3 Å². The first-order valence-electron chi connectivity index (χ1n) is 5.45. The highest BCUT2D eigenvalue weighted by atomic mass is 16.5. The number of aromatic nitrogens is 2. The lowest BCUT2D eigenvalue weighted by atomic mass is 10.1. The Hall–Kier alpha value is -2.63. The average Bonchev–Trinajstić information content (AvgIpc) is 2.46. The Morgan fingerprint density at radius 3 is 2.32 bits per heavy atom. The van der Waals surface area contributed by atoms with E-state index in [-0.39, 0.29) is 11.7 Å². The highest BCUT2D eigenvalue weighted by Gasteiger charge is 2.12. The summed E-state index contributed by atoms with van der Waals surface area (Å²) in [6.07, 6.45) is 0. The summed E-state index contributed by atoms with van der Waals surface area (Å²) in [6.45, 7) is 0. The molecule has 1 N–H and O–H groups in total. The maximum absolute atomic E-state index is 11.0. The predicted octanol–water partition coefficient (Wildman–Crippen LogP) is 1.86. The van der Waals surface area contributed by atoms with Crippen LogP contribution >= 0.6 is 0 Å². The zero-order valence-corrected chi connectivity index (χ0v) is 10.5. The quantitative estimate of drug-likeness (QED) is 0.903. The van der Waals surface area contributed by atoms with Crippen molar-refractivity contribution >= 4 is 5.97 Å². The molecule has 19 heavy (non-hydrogen) atoms. The van der Waals surface area contributed by atoms with Gasteiger partial charge < -0.3 is 14.6 Å². The molecule has 0 aliphatic rings. The zero-order valence-electron chi connectivity index (χ0n) is 10.5. The molecule has 0 amide bonds. The van der Waals surface area contributed by atoms with E-state index >= 15 is 0 Å². The monoisotopic (exact) mass is 260 g/mol. The molecule has 6 heteroatoms. The highest BCUT2D eigenvalue weighted by molar-refractivity contribution is 5.84. The second kappa shape index (κ2) is 5.34. The largest absolute Gasteiger partial charge is 0.497 e. The van der Waals surface area contributed by atoms with E-state index in [1.54, 1.807) is 37.4 Å². The molecule has 1 aromatic carbocycles. The molecule has 6 nitrogen and oxygen atoms in total. The molecular weight excluding hydrogens is 248 g/mol. The van der Waals surface area contributed by atoms with Crippen LogP contribution in [-0.4, -0.2) is 35.3 Å². The predicted molar refractivity (Wildman–Crippen MR) is 67.5 cm³/mol. The van der Waals surface area contributed by atoms with E-state index in [2.05, 4.69) is 9.97 Å². The number of ether oxygens (including phenoxy) is 2. The van der Waals surface area contributed by atoms with Crippen molar-refractivity contribution in [2.45, 2.75) is 0 Å². The number of carboxylic acid groups (broad SMARTS) is 1. The number of benzene rings is 1. The van der Waals surface area contributed by atoms with Crippen molar-refractivity contribution in [3.63, 3.8) is 0 Å². The van der Waals surface area contributed by atoms with Gasteiger partial charge in [0.05, 0.1) is 19.9 Å². The number of hydrogen-bond donors (Lipinski definition) is 1. The van der Waals surface area contributed by atoms with Crippen molar-refractivity contribution in [2.75, 3.05) is 14.2 Å². The summed E-state index contributed by atoms with van der Waals surface area (Å²) in [5.74, 6) is -0.583. The first-order valence-corrected chi connectivity index (χ1v) is 5.45. The van der Waals surface area contributed by atoms with Gasteiger partial charge in [0.25, 0.3) is 0 Å². The smallest absolute Gasteiger partial charge is 0.374 e. The van der Waals surface area contributed by atoms with Gasteiger partial charge in [0.2, 0.25) is 11.7 Å². The maximum atomic E-state index is 11.0. The van der Waals surface area contributed by atoms with E-state index in [1.165, 1.54) is 7.11 Å². The lowest BCUT2D eigenvalue weighted by Crippen LogP contribution is -2.06. The lowest BCUT2D eigenvalue weighted by Gasteiger charge is -2.06. The molecule has 0 radical (unpaired) electrons. The third-order valence-electron chi connectivity index (χ3n) is 2.49. The highest BCUT2D eigenvalue weighted by Crippen LogP contribution is 2.23. The van der Waals surface area contributed by atoms with Gasteiger partial charge in [0, 0.05) is 11.6 Å². The molecule has 98 valence electrons. The van der Waals surface area contributed by atoms with E-state index in [0.29, 0.717) is 11.4 Å². The van der Waals surface area contributed by atoms with Crippen molar-refractivity contribution in [1.82, 2.24) is 9.97 Å². The lowest BCUT2D eigenvalue weighted by molar-refractivity contribution is 0.0682. The molecule has 0 unspecified atom stereocenters. The van der Waals surface area contributed by atoms with E-state index in [1.807, 2.05) is 0 Å². The topological polar surface area (TPSA) is 81.5 Å². The maximum Gasteiger partial charge on any atom is 0.374 e. The Labute approximate surface area is 109 Å². The summed E-state index contributed by atoms with van der Waals surface area (Å²) in [4.78, 5) is 18.7. The first-order chi connectivity index (χ1) is 9.13. The summed E-state index contributed by atoms with van der Waals surface area (Å²) in [5.41, 5.74) is 1.23. The fourth-order valence-electron chi connectivity index (χ4n) is 1.53. The number of carbonyl (C=O) groups is 1. The number of hydrogen-bond acceptors (Lipinski definition) is 5. The molecule has 0 atom stereocenters. The molecule has 0 saturated heterocycles. The number of nitrogens with zero attached hydrogens (tertiary/aromatic N) is 2. The average molecular weight is 260 g/mol. The van der Waals surface area contributed by atoms with E-state index in [9.17, 15) is 4.79 Å². The molecular formula is C13H12N2O4. The Kier molecular flexibility index (Phi) is 3.61. The second-order valence-corrected chi connectivity index (χ2v) is 3.65. The third-order valence-corrected chi connectivity index (χ3v) is 2.49. The van der Waals surface area contributed by atoms with E-state index in [0.717, 1.165) is 5.56 Å². The first kappa shape index (κ1) is 12.8. The van der Waals surface area contributed by atoms with Crippen LogP contribution in [-0.2, 0) is 0 Å². The molecule has 2 rings (SSSR count). The second-order valence-electron chi connectivity index (χ2n) is 3.65. The minimum Gasteiger partial charge on any atom is -0.497 e. The van der Waals surface area contributed by atoms with Gasteiger partial charge in [-0.05, 0) is 24.3 Å². The molecule has 0 aliphatic carbocycles. The van der Waals surface area contributed by atoms with E-state index < -0.39 is 5.97 Å². The minimum atomic E-state index is -1.20. The van der Waals surface area contributed by atoms with Gasteiger partial charge in [0.1, 0.15) is 5.75 Å². The fraction of sp³-hybridized carbons (Fsp3) is 0.154.